The molecule has 1 aromatic rings. The van der Waals surface area contributed by atoms with Crippen molar-refractivity contribution in [3.8, 4) is 0 Å². The van der Waals surface area contributed by atoms with Crippen molar-refractivity contribution in [1.29, 1.82) is 0 Å². The topological polar surface area (TPSA) is 63.7 Å². The molecule has 0 saturated carbocycles. The number of hydrogen-bond donors (Lipinski definition) is 0. The molecule has 1 aromatic carbocycles. The lowest BCUT2D eigenvalue weighted by molar-refractivity contribution is -0.156. The summed E-state index contributed by atoms with van der Waals surface area (Å²) in [5.74, 6) is 0.135. The zero-order valence-electron chi connectivity index (χ0n) is 12.2. The molecule has 3 rings (SSSR count). The molecule has 2 aliphatic heterocycles. The number of halogens is 1. The maximum absolute atomic E-state index is 12.8. The molecule has 0 aliphatic carbocycles. The molecule has 0 spiro atoms. The van der Waals surface area contributed by atoms with Gasteiger partial charge >= 0.3 is 5.97 Å². The minimum Gasteiger partial charge on any atom is -0.451 e. The summed E-state index contributed by atoms with van der Waals surface area (Å²) in [6.07, 6.45) is 1.12. The minimum absolute atomic E-state index is 0.0762. The third-order valence-electron chi connectivity index (χ3n) is 4.44. The van der Waals surface area contributed by atoms with Gasteiger partial charge in [0.2, 0.25) is 10.0 Å². The fourth-order valence-corrected chi connectivity index (χ4v) is 5.69. The molecular weight excluding hydrogens is 417 g/mol. The summed E-state index contributed by atoms with van der Waals surface area (Å²) >= 11 is 2.10. The van der Waals surface area contributed by atoms with E-state index in [1.165, 1.54) is 4.31 Å². The first kappa shape index (κ1) is 16.2. The largest absolute Gasteiger partial charge is 0.451 e. The molecule has 5 nitrogen and oxygen atoms in total. The van der Waals surface area contributed by atoms with Crippen molar-refractivity contribution in [2.75, 3.05) is 13.1 Å². The number of fused-ring (bicyclic) bond motifs is 1. The number of cyclic esters (lactones) is 1. The standard InChI is InChI=1S/C15H18INO4S/c1-10-2-4-12(5-3-10)22(19,20)17-7-6-11-8-14(18)21-15(16)13(11)9-17/h2-5,11,13,15H,6-9H2,1H3. The summed E-state index contributed by atoms with van der Waals surface area (Å²) in [6.45, 7) is 2.81. The second-order valence-electron chi connectivity index (χ2n) is 5.93. The van der Waals surface area contributed by atoms with Gasteiger partial charge in [-0.1, -0.05) is 17.7 Å². The number of carbonyl (C=O) groups excluding carboxylic acids is 1. The van der Waals surface area contributed by atoms with E-state index in [0.717, 1.165) is 5.56 Å². The Bertz CT molecular complexity index is 673. The number of alkyl halides is 1. The van der Waals surface area contributed by atoms with Crippen LogP contribution in [0.15, 0.2) is 29.2 Å². The highest BCUT2D eigenvalue weighted by Crippen LogP contribution is 2.38. The van der Waals surface area contributed by atoms with E-state index in [1.807, 2.05) is 19.1 Å². The normalized spacial score (nSPS) is 29.7. The van der Waals surface area contributed by atoms with Crippen LogP contribution in [0.4, 0.5) is 0 Å². The zero-order chi connectivity index (χ0) is 15.9. The van der Waals surface area contributed by atoms with Crippen LogP contribution >= 0.6 is 22.6 Å². The molecule has 2 fully saturated rings. The Kier molecular flexibility index (Phi) is 4.48. The van der Waals surface area contributed by atoms with E-state index in [4.69, 9.17) is 4.74 Å². The van der Waals surface area contributed by atoms with Gasteiger partial charge in [0.25, 0.3) is 0 Å². The second-order valence-corrected chi connectivity index (χ2v) is 9.10. The first-order chi connectivity index (χ1) is 10.4. The van der Waals surface area contributed by atoms with Crippen molar-refractivity contribution in [3.63, 3.8) is 0 Å². The molecule has 0 aromatic heterocycles. The second kappa shape index (κ2) is 6.09. The van der Waals surface area contributed by atoms with Gasteiger partial charge in [-0.2, -0.15) is 4.31 Å². The maximum atomic E-state index is 12.8. The van der Waals surface area contributed by atoms with E-state index in [1.54, 1.807) is 12.1 Å². The zero-order valence-corrected chi connectivity index (χ0v) is 15.2. The van der Waals surface area contributed by atoms with Gasteiger partial charge in [0.05, 0.1) is 4.90 Å². The number of rotatable bonds is 2. The maximum Gasteiger partial charge on any atom is 0.307 e. The summed E-state index contributed by atoms with van der Waals surface area (Å²) in [4.78, 5) is 11.8. The Morgan fingerprint density at radius 1 is 1.27 bits per heavy atom. The Morgan fingerprint density at radius 2 is 1.95 bits per heavy atom. The molecule has 0 amide bonds. The van der Waals surface area contributed by atoms with Crippen molar-refractivity contribution in [2.24, 2.45) is 11.8 Å². The first-order valence-corrected chi connectivity index (χ1v) is 9.97. The van der Waals surface area contributed by atoms with Crippen molar-refractivity contribution < 1.29 is 17.9 Å². The number of nitrogens with zero attached hydrogens (tertiary/aromatic N) is 1. The molecular formula is C15H18INO4S. The van der Waals surface area contributed by atoms with Crippen molar-refractivity contribution in [1.82, 2.24) is 4.31 Å². The van der Waals surface area contributed by atoms with Crippen molar-refractivity contribution >= 4 is 38.6 Å². The van der Waals surface area contributed by atoms with Gasteiger partial charge in [-0.05, 0) is 54.0 Å². The fourth-order valence-electron chi connectivity index (χ4n) is 3.10. The van der Waals surface area contributed by atoms with Gasteiger partial charge in [0, 0.05) is 25.4 Å². The highest BCUT2D eigenvalue weighted by atomic mass is 127. The predicted octanol–water partition coefficient (Wildman–Crippen LogP) is 2.33. The van der Waals surface area contributed by atoms with Gasteiger partial charge in [-0.25, -0.2) is 8.42 Å². The molecule has 22 heavy (non-hydrogen) atoms. The van der Waals surface area contributed by atoms with E-state index in [2.05, 4.69) is 22.6 Å². The number of sulfonamides is 1. The highest BCUT2D eigenvalue weighted by Gasteiger charge is 2.43. The number of piperidine rings is 1. The van der Waals surface area contributed by atoms with Crippen LogP contribution in [0.25, 0.3) is 0 Å². The van der Waals surface area contributed by atoms with Crippen molar-refractivity contribution in [2.45, 2.75) is 28.8 Å². The van der Waals surface area contributed by atoms with Gasteiger partial charge in [-0.3, -0.25) is 4.79 Å². The lowest BCUT2D eigenvalue weighted by atomic mass is 9.83. The van der Waals surface area contributed by atoms with Gasteiger partial charge < -0.3 is 4.74 Å². The van der Waals surface area contributed by atoms with Gasteiger partial charge in [0.1, 0.15) is 0 Å². The number of hydrogen-bond acceptors (Lipinski definition) is 4. The van der Waals surface area contributed by atoms with Crippen LogP contribution in [-0.4, -0.2) is 35.9 Å². The lowest BCUT2D eigenvalue weighted by Crippen LogP contribution is -2.50. The lowest BCUT2D eigenvalue weighted by Gasteiger charge is -2.42. The molecule has 0 bridgehead atoms. The van der Waals surface area contributed by atoms with Crippen LogP contribution in [0.2, 0.25) is 0 Å². The molecule has 2 heterocycles. The van der Waals surface area contributed by atoms with E-state index >= 15 is 0 Å². The molecule has 0 radical (unpaired) electrons. The summed E-state index contributed by atoms with van der Waals surface area (Å²) in [5.41, 5.74) is 1.03. The number of esters is 1. The van der Waals surface area contributed by atoms with Crippen LogP contribution in [0.1, 0.15) is 18.4 Å². The molecule has 3 unspecified atom stereocenters. The van der Waals surface area contributed by atoms with E-state index in [-0.39, 0.29) is 21.9 Å². The number of benzene rings is 1. The molecule has 0 N–H and O–H groups in total. The Morgan fingerprint density at radius 3 is 2.64 bits per heavy atom. The Balaban J connectivity index is 1.81. The molecule has 7 heteroatoms. The number of ether oxygens (including phenoxy) is 1. The average Bonchev–Trinajstić information content (AvgIpc) is 2.47. The molecule has 3 atom stereocenters. The van der Waals surface area contributed by atoms with E-state index in [9.17, 15) is 13.2 Å². The minimum atomic E-state index is -3.48. The van der Waals surface area contributed by atoms with E-state index < -0.39 is 10.0 Å². The summed E-state index contributed by atoms with van der Waals surface area (Å²) in [6, 6.07) is 6.92. The summed E-state index contributed by atoms with van der Waals surface area (Å²) in [5, 5.41) is 0. The fraction of sp³-hybridized carbons (Fsp3) is 0.533. The van der Waals surface area contributed by atoms with Crippen LogP contribution in [0.3, 0.4) is 0 Å². The van der Waals surface area contributed by atoms with E-state index in [0.29, 0.717) is 30.8 Å². The first-order valence-electron chi connectivity index (χ1n) is 7.28. The third-order valence-corrected chi connectivity index (χ3v) is 7.49. The summed E-state index contributed by atoms with van der Waals surface area (Å²) in [7, 11) is -3.48. The summed E-state index contributed by atoms with van der Waals surface area (Å²) < 4.78 is 32.1. The molecule has 2 aliphatic rings. The quantitative estimate of drug-likeness (QED) is 0.407. The van der Waals surface area contributed by atoms with Crippen LogP contribution in [0.5, 0.6) is 0 Å². The van der Waals surface area contributed by atoms with Gasteiger partial charge in [-0.15, -0.1) is 0 Å². The Labute approximate surface area is 144 Å². The third kappa shape index (κ3) is 3.03. The number of carbonyl (C=O) groups is 1. The highest BCUT2D eigenvalue weighted by molar-refractivity contribution is 14.1. The van der Waals surface area contributed by atoms with Crippen LogP contribution in [0, 0.1) is 18.8 Å². The molecule has 2 saturated heterocycles. The van der Waals surface area contributed by atoms with Crippen molar-refractivity contribution in [3.05, 3.63) is 29.8 Å². The Hall–Kier alpha value is -0.670. The monoisotopic (exact) mass is 435 g/mol. The average molecular weight is 435 g/mol. The predicted molar refractivity (Wildman–Crippen MR) is 90.1 cm³/mol. The molecule has 120 valence electrons. The van der Waals surface area contributed by atoms with Crippen LogP contribution in [-0.2, 0) is 19.6 Å². The van der Waals surface area contributed by atoms with Gasteiger partial charge in [0.15, 0.2) is 4.11 Å². The SMILES string of the molecule is Cc1ccc(S(=O)(=O)N2CCC3CC(=O)OC(I)C3C2)cc1. The number of aryl methyl sites for hydroxylation is 1. The smallest absolute Gasteiger partial charge is 0.307 e. The van der Waals surface area contributed by atoms with Crippen LogP contribution < -0.4 is 0 Å².